The minimum atomic E-state index is -3.02. The van der Waals surface area contributed by atoms with Crippen molar-refractivity contribution in [2.45, 2.75) is 32.9 Å². The van der Waals surface area contributed by atoms with Gasteiger partial charge in [0.05, 0.1) is 18.1 Å². The van der Waals surface area contributed by atoms with E-state index in [4.69, 9.17) is 4.74 Å². The molecular weight excluding hydrogens is 316 g/mol. The molecule has 7 heteroatoms. The quantitative estimate of drug-likeness (QED) is 0.903. The van der Waals surface area contributed by atoms with Crippen LogP contribution in [0, 0.1) is 6.92 Å². The number of rotatable bonds is 4. The number of amides is 2. The van der Waals surface area contributed by atoms with Crippen LogP contribution in [0.4, 0.5) is 4.79 Å². The lowest BCUT2D eigenvalue weighted by atomic mass is 10.2. The molecule has 0 radical (unpaired) electrons. The summed E-state index contributed by atoms with van der Waals surface area (Å²) in [5, 5.41) is 2.81. The average Bonchev–Trinajstić information content (AvgIpc) is 2.46. The van der Waals surface area contributed by atoms with Crippen LogP contribution in [0.2, 0.25) is 0 Å². The first-order valence-electron chi connectivity index (χ1n) is 7.75. The second kappa shape index (κ2) is 7.21. The van der Waals surface area contributed by atoms with E-state index < -0.39 is 9.84 Å². The minimum absolute atomic E-state index is 0.0237. The number of ether oxygens (including phenoxy) is 1. The molecule has 1 aromatic carbocycles. The molecule has 1 aliphatic rings. The number of urea groups is 1. The summed E-state index contributed by atoms with van der Waals surface area (Å²) in [6, 6.07) is 7.18. The third-order valence-corrected chi connectivity index (χ3v) is 5.63. The second-order valence-electron chi connectivity index (χ2n) is 6.08. The Kier molecular flexibility index (Phi) is 5.51. The fraction of sp³-hybridized carbons (Fsp3) is 0.562. The van der Waals surface area contributed by atoms with E-state index in [9.17, 15) is 13.2 Å². The van der Waals surface area contributed by atoms with E-state index in [1.54, 1.807) is 11.8 Å². The summed E-state index contributed by atoms with van der Waals surface area (Å²) >= 11 is 0. The van der Waals surface area contributed by atoms with E-state index in [2.05, 4.69) is 5.32 Å². The first kappa shape index (κ1) is 17.6. The molecule has 6 nitrogen and oxygen atoms in total. The minimum Gasteiger partial charge on any atom is -0.489 e. The molecular formula is C16H24N2O4S. The van der Waals surface area contributed by atoms with Gasteiger partial charge in [-0.3, -0.25) is 0 Å². The van der Waals surface area contributed by atoms with E-state index in [0.29, 0.717) is 6.54 Å². The van der Waals surface area contributed by atoms with Crippen LogP contribution < -0.4 is 10.1 Å². The Morgan fingerprint density at radius 1 is 1.39 bits per heavy atom. The van der Waals surface area contributed by atoms with E-state index in [-0.39, 0.29) is 36.2 Å². The third-order valence-electron chi connectivity index (χ3n) is 3.83. The topological polar surface area (TPSA) is 75.7 Å². The highest BCUT2D eigenvalue weighted by Gasteiger charge is 2.31. The molecule has 0 spiro atoms. The molecule has 1 fully saturated rings. The predicted octanol–water partition coefficient (Wildman–Crippen LogP) is 1.59. The first-order chi connectivity index (χ1) is 10.8. The van der Waals surface area contributed by atoms with E-state index >= 15 is 0 Å². The van der Waals surface area contributed by atoms with E-state index in [0.717, 1.165) is 11.3 Å². The fourth-order valence-corrected chi connectivity index (χ4v) is 4.08. The molecule has 0 aromatic heterocycles. The summed E-state index contributed by atoms with van der Waals surface area (Å²) in [5.41, 5.74) is 1.16. The van der Waals surface area contributed by atoms with Gasteiger partial charge in [-0.05, 0) is 32.9 Å². The van der Waals surface area contributed by atoms with Crippen molar-refractivity contribution in [3.8, 4) is 5.75 Å². The van der Waals surface area contributed by atoms with Crippen molar-refractivity contribution < 1.29 is 17.9 Å². The Bertz CT molecular complexity index is 643. The van der Waals surface area contributed by atoms with Crippen LogP contribution in [0.3, 0.4) is 0 Å². The number of hydrogen-bond donors (Lipinski definition) is 1. The van der Waals surface area contributed by atoms with Gasteiger partial charge in [0.1, 0.15) is 11.9 Å². The Hall–Kier alpha value is -1.76. The van der Waals surface area contributed by atoms with Crippen LogP contribution in [0.5, 0.6) is 5.75 Å². The van der Waals surface area contributed by atoms with Crippen molar-refractivity contribution >= 4 is 15.9 Å². The lowest BCUT2D eigenvalue weighted by Gasteiger charge is -2.33. The van der Waals surface area contributed by atoms with Crippen molar-refractivity contribution in [1.82, 2.24) is 10.2 Å². The largest absolute Gasteiger partial charge is 0.489 e. The Balaban J connectivity index is 1.80. The molecule has 2 amide bonds. The average molecular weight is 340 g/mol. The van der Waals surface area contributed by atoms with Crippen molar-refractivity contribution in [1.29, 1.82) is 0 Å². The molecule has 0 aliphatic carbocycles. The van der Waals surface area contributed by atoms with Crippen molar-refractivity contribution in [3.05, 3.63) is 29.8 Å². The zero-order valence-electron chi connectivity index (χ0n) is 13.8. The summed E-state index contributed by atoms with van der Waals surface area (Å²) in [5.74, 6) is 0.811. The summed E-state index contributed by atoms with van der Waals surface area (Å²) < 4.78 is 28.8. The van der Waals surface area contributed by atoms with Crippen LogP contribution in [0.15, 0.2) is 24.3 Å². The molecule has 128 valence electrons. The molecule has 0 bridgehead atoms. The number of nitrogens with zero attached hydrogens (tertiary/aromatic N) is 1. The van der Waals surface area contributed by atoms with Gasteiger partial charge < -0.3 is 15.0 Å². The third kappa shape index (κ3) is 5.13. The van der Waals surface area contributed by atoms with Crippen LogP contribution >= 0.6 is 0 Å². The van der Waals surface area contributed by atoms with Crippen molar-refractivity contribution in [2.24, 2.45) is 0 Å². The Morgan fingerprint density at radius 2 is 2.04 bits per heavy atom. The molecule has 2 atom stereocenters. The van der Waals surface area contributed by atoms with Gasteiger partial charge in [0.25, 0.3) is 0 Å². The normalized spacial score (nSPS) is 21.5. The molecule has 1 aromatic rings. The molecule has 1 saturated heterocycles. The Morgan fingerprint density at radius 3 is 2.65 bits per heavy atom. The number of carbonyl (C=O) groups is 1. The van der Waals surface area contributed by atoms with Crippen LogP contribution in [0.25, 0.3) is 0 Å². The summed E-state index contributed by atoms with van der Waals surface area (Å²) in [6.45, 7) is 6.24. The van der Waals surface area contributed by atoms with E-state index in [1.807, 2.05) is 38.1 Å². The molecule has 1 heterocycles. The zero-order valence-corrected chi connectivity index (χ0v) is 14.6. The van der Waals surface area contributed by atoms with Gasteiger partial charge in [-0.15, -0.1) is 0 Å². The highest BCUT2D eigenvalue weighted by atomic mass is 32.2. The second-order valence-corrected chi connectivity index (χ2v) is 8.31. The maximum Gasteiger partial charge on any atom is 0.317 e. The lowest BCUT2D eigenvalue weighted by molar-refractivity contribution is 0.172. The summed E-state index contributed by atoms with van der Waals surface area (Å²) in [4.78, 5) is 13.8. The standard InChI is InChI=1S/C16H24N2O4S/c1-12-4-6-15(7-5-12)22-14(3)10-17-16(19)18-8-9-23(20,21)11-13(18)2/h4-7,13-14H,8-11H2,1-3H3,(H,17,19). The van der Waals surface area contributed by atoms with Crippen LogP contribution in [-0.4, -0.2) is 56.1 Å². The zero-order chi connectivity index (χ0) is 17.0. The SMILES string of the molecule is Cc1ccc(OC(C)CNC(=O)N2CCS(=O)(=O)CC2C)cc1. The Labute approximate surface area is 137 Å². The fourth-order valence-electron chi connectivity index (χ4n) is 2.52. The van der Waals surface area contributed by atoms with Gasteiger partial charge in [-0.1, -0.05) is 17.7 Å². The molecule has 1 aliphatic heterocycles. The van der Waals surface area contributed by atoms with Crippen molar-refractivity contribution in [3.63, 3.8) is 0 Å². The van der Waals surface area contributed by atoms with Gasteiger partial charge in [-0.2, -0.15) is 0 Å². The number of sulfone groups is 1. The summed E-state index contributed by atoms with van der Waals surface area (Å²) in [7, 11) is -3.02. The number of hydrogen-bond acceptors (Lipinski definition) is 4. The van der Waals surface area contributed by atoms with E-state index in [1.165, 1.54) is 0 Å². The number of nitrogens with one attached hydrogen (secondary N) is 1. The molecule has 0 saturated carbocycles. The molecule has 2 unspecified atom stereocenters. The van der Waals surface area contributed by atoms with Gasteiger partial charge in [0.2, 0.25) is 0 Å². The van der Waals surface area contributed by atoms with Crippen molar-refractivity contribution in [2.75, 3.05) is 24.6 Å². The first-order valence-corrected chi connectivity index (χ1v) is 9.57. The van der Waals surface area contributed by atoms with Crippen LogP contribution in [0.1, 0.15) is 19.4 Å². The molecule has 1 N–H and O–H groups in total. The number of aryl methyl sites for hydroxylation is 1. The predicted molar refractivity (Wildman–Crippen MR) is 89.5 cm³/mol. The molecule has 23 heavy (non-hydrogen) atoms. The monoisotopic (exact) mass is 340 g/mol. The van der Waals surface area contributed by atoms with Crippen LogP contribution in [-0.2, 0) is 9.84 Å². The summed E-state index contributed by atoms with van der Waals surface area (Å²) in [6.07, 6.45) is -0.175. The number of benzene rings is 1. The van der Waals surface area contributed by atoms with Gasteiger partial charge in [0, 0.05) is 12.6 Å². The maximum absolute atomic E-state index is 12.2. The smallest absolute Gasteiger partial charge is 0.317 e. The number of carbonyl (C=O) groups excluding carboxylic acids is 1. The van der Waals surface area contributed by atoms with Gasteiger partial charge in [-0.25, -0.2) is 13.2 Å². The molecule has 2 rings (SSSR count). The van der Waals surface area contributed by atoms with Gasteiger partial charge in [0.15, 0.2) is 9.84 Å². The lowest BCUT2D eigenvalue weighted by Crippen LogP contribution is -2.54. The maximum atomic E-state index is 12.2. The highest BCUT2D eigenvalue weighted by Crippen LogP contribution is 2.14. The highest BCUT2D eigenvalue weighted by molar-refractivity contribution is 7.91. The van der Waals surface area contributed by atoms with Gasteiger partial charge >= 0.3 is 6.03 Å².